The molecule has 0 aliphatic carbocycles. The van der Waals surface area contributed by atoms with Crippen LogP contribution in [0.15, 0.2) is 18.2 Å². The van der Waals surface area contributed by atoms with E-state index in [-0.39, 0.29) is 24.6 Å². The molecule has 1 aromatic rings. The normalized spacial score (nSPS) is 9.35. The average Bonchev–Trinajstić information content (AvgIpc) is 2.39. The maximum atomic E-state index is 11.7. The van der Waals surface area contributed by atoms with Gasteiger partial charge in [0.05, 0.1) is 18.8 Å². The van der Waals surface area contributed by atoms with Gasteiger partial charge in [-0.1, -0.05) is 6.07 Å². The molecule has 0 aliphatic rings. The summed E-state index contributed by atoms with van der Waals surface area (Å²) in [5.74, 6) is -0.286. The summed E-state index contributed by atoms with van der Waals surface area (Å²) in [6.45, 7) is 4.33. The van der Waals surface area contributed by atoms with Gasteiger partial charge >= 0.3 is 12.1 Å². The molecule has 0 bridgehead atoms. The molecule has 2 N–H and O–H groups in total. The van der Waals surface area contributed by atoms with Crippen molar-refractivity contribution in [3.8, 4) is 5.75 Å². The topological polar surface area (TPSA) is 87.9 Å². The molecule has 6 nitrogen and oxygen atoms in total. The molecule has 1 rings (SSSR count). The van der Waals surface area contributed by atoms with Crippen LogP contribution >= 0.6 is 12.4 Å². The number of benzene rings is 1. The van der Waals surface area contributed by atoms with Crippen LogP contribution in [0.2, 0.25) is 0 Å². The maximum absolute atomic E-state index is 11.7. The van der Waals surface area contributed by atoms with Crippen molar-refractivity contribution in [1.29, 1.82) is 0 Å². The SMILES string of the molecule is CCOC(=O)OC(=O)c1ccc(CN)c(OCC)c1.Cl. The van der Waals surface area contributed by atoms with E-state index in [2.05, 4.69) is 9.47 Å². The third-order valence-corrected chi connectivity index (χ3v) is 2.26. The van der Waals surface area contributed by atoms with Crippen LogP contribution in [-0.4, -0.2) is 25.3 Å². The van der Waals surface area contributed by atoms with E-state index in [0.717, 1.165) is 5.56 Å². The van der Waals surface area contributed by atoms with Gasteiger partial charge in [-0.3, -0.25) is 0 Å². The highest BCUT2D eigenvalue weighted by Gasteiger charge is 2.15. The first-order chi connectivity index (χ1) is 9.12. The van der Waals surface area contributed by atoms with E-state index < -0.39 is 12.1 Å². The molecule has 0 saturated heterocycles. The Kier molecular flexibility index (Phi) is 8.35. The number of carbonyl (C=O) groups is 2. The van der Waals surface area contributed by atoms with E-state index >= 15 is 0 Å². The molecule has 0 saturated carbocycles. The Balaban J connectivity index is 0.00000361. The quantitative estimate of drug-likeness (QED) is 0.663. The maximum Gasteiger partial charge on any atom is 0.516 e. The molecule has 0 aliphatic heterocycles. The summed E-state index contributed by atoms with van der Waals surface area (Å²) in [6.07, 6.45) is -1.02. The summed E-state index contributed by atoms with van der Waals surface area (Å²) >= 11 is 0. The first-order valence-corrected chi connectivity index (χ1v) is 5.97. The number of halogens is 1. The third kappa shape index (κ3) is 5.07. The van der Waals surface area contributed by atoms with Crippen molar-refractivity contribution in [3.63, 3.8) is 0 Å². The van der Waals surface area contributed by atoms with Crippen LogP contribution in [-0.2, 0) is 16.0 Å². The van der Waals surface area contributed by atoms with E-state index in [0.29, 0.717) is 18.9 Å². The van der Waals surface area contributed by atoms with Gasteiger partial charge in [-0.05, 0) is 26.0 Å². The van der Waals surface area contributed by atoms with Gasteiger partial charge in [0.2, 0.25) is 0 Å². The van der Waals surface area contributed by atoms with Crippen LogP contribution in [0.5, 0.6) is 5.75 Å². The Bertz CT molecular complexity index is 464. The Hall–Kier alpha value is -1.79. The Morgan fingerprint density at radius 1 is 1.20 bits per heavy atom. The molecule has 7 heteroatoms. The monoisotopic (exact) mass is 303 g/mol. The fourth-order valence-electron chi connectivity index (χ4n) is 1.42. The largest absolute Gasteiger partial charge is 0.516 e. The third-order valence-electron chi connectivity index (χ3n) is 2.26. The summed E-state index contributed by atoms with van der Waals surface area (Å²) < 4.78 is 14.4. The van der Waals surface area contributed by atoms with Crippen molar-refractivity contribution in [3.05, 3.63) is 29.3 Å². The number of hydrogen-bond donors (Lipinski definition) is 1. The minimum Gasteiger partial charge on any atom is -0.494 e. The first-order valence-electron chi connectivity index (χ1n) is 5.97. The molecule has 112 valence electrons. The second kappa shape index (κ2) is 9.17. The fraction of sp³-hybridized carbons (Fsp3) is 0.385. The molecule has 0 unspecified atom stereocenters. The predicted octanol–water partition coefficient (Wildman–Crippen LogP) is 2.28. The van der Waals surface area contributed by atoms with E-state index in [4.69, 9.17) is 10.5 Å². The lowest BCUT2D eigenvalue weighted by Gasteiger charge is -2.10. The van der Waals surface area contributed by atoms with Crippen LogP contribution in [0.3, 0.4) is 0 Å². The Labute approximate surface area is 123 Å². The number of rotatable bonds is 5. The molecular weight excluding hydrogens is 286 g/mol. The molecule has 0 spiro atoms. The minimum absolute atomic E-state index is 0. The lowest BCUT2D eigenvalue weighted by molar-refractivity contribution is 0.0401. The lowest BCUT2D eigenvalue weighted by Crippen LogP contribution is -2.14. The summed E-state index contributed by atoms with van der Waals surface area (Å²) in [5, 5.41) is 0. The van der Waals surface area contributed by atoms with Gasteiger partial charge in [-0.2, -0.15) is 0 Å². The zero-order chi connectivity index (χ0) is 14.3. The van der Waals surface area contributed by atoms with Crippen molar-refractivity contribution in [1.82, 2.24) is 0 Å². The molecule has 0 fully saturated rings. The zero-order valence-electron chi connectivity index (χ0n) is 11.4. The van der Waals surface area contributed by atoms with Crippen LogP contribution < -0.4 is 10.5 Å². The summed E-state index contributed by atoms with van der Waals surface area (Å²) in [7, 11) is 0. The number of carbonyl (C=O) groups excluding carboxylic acids is 2. The summed E-state index contributed by atoms with van der Waals surface area (Å²) in [5.41, 5.74) is 6.53. The van der Waals surface area contributed by atoms with Gasteiger partial charge in [0.1, 0.15) is 5.75 Å². The van der Waals surface area contributed by atoms with Crippen molar-refractivity contribution >= 4 is 24.5 Å². The molecule has 0 amide bonds. The van der Waals surface area contributed by atoms with Crippen molar-refractivity contribution < 1.29 is 23.8 Å². The molecule has 0 heterocycles. The van der Waals surface area contributed by atoms with Gasteiger partial charge in [0.15, 0.2) is 0 Å². The predicted molar refractivity (Wildman–Crippen MR) is 75.2 cm³/mol. The average molecular weight is 304 g/mol. The van der Waals surface area contributed by atoms with Crippen molar-refractivity contribution in [2.45, 2.75) is 20.4 Å². The Morgan fingerprint density at radius 3 is 2.45 bits per heavy atom. The van der Waals surface area contributed by atoms with Crippen molar-refractivity contribution in [2.75, 3.05) is 13.2 Å². The zero-order valence-corrected chi connectivity index (χ0v) is 12.2. The number of esters is 1. The number of hydrogen-bond acceptors (Lipinski definition) is 6. The highest BCUT2D eigenvalue weighted by atomic mass is 35.5. The highest BCUT2D eigenvalue weighted by Crippen LogP contribution is 2.20. The fourth-order valence-corrected chi connectivity index (χ4v) is 1.42. The van der Waals surface area contributed by atoms with Gasteiger partial charge in [-0.15, -0.1) is 12.4 Å². The van der Waals surface area contributed by atoms with E-state index in [1.54, 1.807) is 13.0 Å². The van der Waals surface area contributed by atoms with Gasteiger partial charge in [0, 0.05) is 12.1 Å². The van der Waals surface area contributed by atoms with Gasteiger partial charge in [0.25, 0.3) is 0 Å². The standard InChI is InChI=1S/C13H17NO5.ClH/c1-3-17-11-7-9(5-6-10(11)8-14)12(15)19-13(16)18-4-2;/h5-7H,3-4,8,14H2,1-2H3;1H. The van der Waals surface area contributed by atoms with Gasteiger partial charge < -0.3 is 19.9 Å². The molecule has 0 radical (unpaired) electrons. The van der Waals surface area contributed by atoms with Crippen LogP contribution in [0.25, 0.3) is 0 Å². The first kappa shape index (κ1) is 18.2. The molecule has 20 heavy (non-hydrogen) atoms. The second-order valence-corrected chi connectivity index (χ2v) is 3.53. The molecular formula is C13H18ClNO5. The minimum atomic E-state index is -1.02. The van der Waals surface area contributed by atoms with E-state index in [1.807, 2.05) is 6.92 Å². The molecule has 0 atom stereocenters. The van der Waals surface area contributed by atoms with E-state index in [9.17, 15) is 9.59 Å². The van der Waals surface area contributed by atoms with Crippen LogP contribution in [0.4, 0.5) is 4.79 Å². The second-order valence-electron chi connectivity index (χ2n) is 3.53. The van der Waals surface area contributed by atoms with Crippen LogP contribution in [0, 0.1) is 0 Å². The molecule has 1 aromatic carbocycles. The lowest BCUT2D eigenvalue weighted by atomic mass is 10.1. The highest BCUT2D eigenvalue weighted by molar-refractivity contribution is 5.95. The smallest absolute Gasteiger partial charge is 0.494 e. The van der Waals surface area contributed by atoms with Crippen molar-refractivity contribution in [2.24, 2.45) is 5.73 Å². The number of ether oxygens (including phenoxy) is 3. The van der Waals surface area contributed by atoms with Crippen LogP contribution in [0.1, 0.15) is 29.8 Å². The summed E-state index contributed by atoms with van der Waals surface area (Å²) in [4.78, 5) is 22.7. The number of nitrogens with two attached hydrogens (primary N) is 1. The Morgan fingerprint density at radius 2 is 1.90 bits per heavy atom. The molecule has 0 aromatic heterocycles. The summed E-state index contributed by atoms with van der Waals surface area (Å²) in [6, 6.07) is 4.67. The van der Waals surface area contributed by atoms with Gasteiger partial charge in [-0.25, -0.2) is 9.59 Å². The van der Waals surface area contributed by atoms with E-state index in [1.165, 1.54) is 12.1 Å².